The summed E-state index contributed by atoms with van der Waals surface area (Å²) in [5.74, 6) is -0.230. The monoisotopic (exact) mass is 241 g/mol. The Labute approximate surface area is 95.8 Å². The first-order valence-corrected chi connectivity index (χ1v) is 5.74. The molecule has 2 N–H and O–H groups in total. The zero-order chi connectivity index (χ0) is 11.5. The van der Waals surface area contributed by atoms with Crippen molar-refractivity contribution in [2.45, 2.75) is 12.5 Å². The molecule has 2 heterocycles. The highest BCUT2D eigenvalue weighted by atomic mass is 32.1. The van der Waals surface area contributed by atoms with Gasteiger partial charge in [-0.25, -0.2) is 0 Å². The summed E-state index contributed by atoms with van der Waals surface area (Å²) >= 11 is 0.901. The zero-order valence-electron chi connectivity index (χ0n) is 8.43. The molecule has 1 fully saturated rings. The molecule has 0 aliphatic carbocycles. The van der Waals surface area contributed by atoms with Crippen molar-refractivity contribution in [3.05, 3.63) is 27.1 Å². The third kappa shape index (κ3) is 2.37. The molecule has 1 saturated heterocycles. The summed E-state index contributed by atoms with van der Waals surface area (Å²) in [5, 5.41) is 16.4. The Morgan fingerprint density at radius 2 is 2.44 bits per heavy atom. The van der Waals surface area contributed by atoms with Crippen LogP contribution in [0.1, 0.15) is 16.1 Å². The molecule has 0 unspecified atom stereocenters. The van der Waals surface area contributed by atoms with Crippen molar-refractivity contribution in [3.8, 4) is 0 Å². The van der Waals surface area contributed by atoms with E-state index in [4.69, 9.17) is 0 Å². The summed E-state index contributed by atoms with van der Waals surface area (Å²) in [4.78, 5) is 22.0. The SMILES string of the molecule is O=C(N[C@H]1CCNC1)c1ccc([N+](=O)[O-])s1. The highest BCUT2D eigenvalue weighted by molar-refractivity contribution is 7.17. The second-order valence-electron chi connectivity index (χ2n) is 3.56. The predicted octanol–water partition coefficient (Wildman–Crippen LogP) is 0.748. The molecule has 1 aromatic heterocycles. The summed E-state index contributed by atoms with van der Waals surface area (Å²) < 4.78 is 0. The van der Waals surface area contributed by atoms with Gasteiger partial charge in [-0.05, 0) is 19.0 Å². The van der Waals surface area contributed by atoms with E-state index >= 15 is 0 Å². The lowest BCUT2D eigenvalue weighted by atomic mass is 10.2. The van der Waals surface area contributed by atoms with E-state index in [9.17, 15) is 14.9 Å². The third-order valence-electron chi connectivity index (χ3n) is 2.39. The van der Waals surface area contributed by atoms with Crippen LogP contribution in [0.25, 0.3) is 0 Å². The molecule has 2 rings (SSSR count). The molecular formula is C9H11N3O3S. The number of amides is 1. The van der Waals surface area contributed by atoms with Crippen LogP contribution in [0.15, 0.2) is 12.1 Å². The van der Waals surface area contributed by atoms with Crippen LogP contribution in [0.2, 0.25) is 0 Å². The molecule has 7 heteroatoms. The first-order chi connectivity index (χ1) is 7.66. The fourth-order valence-electron chi connectivity index (χ4n) is 1.58. The third-order valence-corrected chi connectivity index (χ3v) is 3.43. The first kappa shape index (κ1) is 11.0. The summed E-state index contributed by atoms with van der Waals surface area (Å²) in [6.07, 6.45) is 0.902. The number of hydrogen-bond donors (Lipinski definition) is 2. The molecule has 1 atom stereocenters. The number of rotatable bonds is 3. The molecular weight excluding hydrogens is 230 g/mol. The van der Waals surface area contributed by atoms with Gasteiger partial charge in [0.15, 0.2) is 0 Å². The number of hydrogen-bond acceptors (Lipinski definition) is 5. The molecule has 0 bridgehead atoms. The summed E-state index contributed by atoms with van der Waals surface area (Å²) in [6.45, 7) is 1.66. The molecule has 1 amide bonds. The average Bonchev–Trinajstić information content (AvgIpc) is 2.86. The number of nitro groups is 1. The van der Waals surface area contributed by atoms with Crippen LogP contribution in [-0.4, -0.2) is 30.0 Å². The van der Waals surface area contributed by atoms with E-state index in [1.165, 1.54) is 12.1 Å². The second-order valence-corrected chi connectivity index (χ2v) is 4.62. The van der Waals surface area contributed by atoms with Crippen molar-refractivity contribution < 1.29 is 9.72 Å². The maximum absolute atomic E-state index is 11.7. The van der Waals surface area contributed by atoms with Crippen LogP contribution in [0.3, 0.4) is 0 Å². The zero-order valence-corrected chi connectivity index (χ0v) is 9.25. The van der Waals surface area contributed by atoms with Gasteiger partial charge in [-0.2, -0.15) is 0 Å². The standard InChI is InChI=1S/C9H11N3O3S/c13-9(11-6-3-4-10-5-6)7-1-2-8(16-7)12(14)15/h1-2,6,10H,3-5H2,(H,11,13)/t6-/m0/s1. The maximum Gasteiger partial charge on any atom is 0.324 e. The van der Waals surface area contributed by atoms with Gasteiger partial charge >= 0.3 is 5.00 Å². The summed E-state index contributed by atoms with van der Waals surface area (Å²) in [5.41, 5.74) is 0. The maximum atomic E-state index is 11.7. The molecule has 0 radical (unpaired) electrons. The Morgan fingerprint density at radius 1 is 1.62 bits per heavy atom. The van der Waals surface area contributed by atoms with E-state index in [0.29, 0.717) is 4.88 Å². The summed E-state index contributed by atoms with van der Waals surface area (Å²) in [6, 6.07) is 2.97. The normalized spacial score (nSPS) is 19.6. The highest BCUT2D eigenvalue weighted by Crippen LogP contribution is 2.23. The summed E-state index contributed by atoms with van der Waals surface area (Å²) in [7, 11) is 0. The van der Waals surface area contributed by atoms with Crippen molar-refractivity contribution in [2.75, 3.05) is 13.1 Å². The van der Waals surface area contributed by atoms with E-state index in [1.54, 1.807) is 0 Å². The number of carbonyl (C=O) groups is 1. The van der Waals surface area contributed by atoms with Crippen LogP contribution in [0.4, 0.5) is 5.00 Å². The van der Waals surface area contributed by atoms with Gasteiger partial charge in [0.2, 0.25) is 0 Å². The fraction of sp³-hybridized carbons (Fsp3) is 0.444. The number of thiophene rings is 1. The van der Waals surface area contributed by atoms with E-state index < -0.39 is 4.92 Å². The van der Waals surface area contributed by atoms with Gasteiger partial charge in [0.1, 0.15) is 0 Å². The van der Waals surface area contributed by atoms with Gasteiger partial charge < -0.3 is 10.6 Å². The van der Waals surface area contributed by atoms with Gasteiger partial charge in [-0.15, -0.1) is 0 Å². The Morgan fingerprint density at radius 3 is 3.00 bits per heavy atom. The number of carbonyl (C=O) groups excluding carboxylic acids is 1. The molecule has 0 saturated carbocycles. The van der Waals surface area contributed by atoms with Gasteiger partial charge in [0.05, 0.1) is 9.80 Å². The van der Waals surface area contributed by atoms with Crippen LogP contribution in [-0.2, 0) is 0 Å². The fourth-order valence-corrected chi connectivity index (χ4v) is 2.31. The minimum absolute atomic E-state index is 0.00491. The van der Waals surface area contributed by atoms with E-state index in [2.05, 4.69) is 10.6 Å². The van der Waals surface area contributed by atoms with E-state index in [0.717, 1.165) is 30.8 Å². The number of nitrogens with one attached hydrogen (secondary N) is 2. The predicted molar refractivity (Wildman–Crippen MR) is 59.7 cm³/mol. The molecule has 16 heavy (non-hydrogen) atoms. The van der Waals surface area contributed by atoms with Gasteiger partial charge in [0.25, 0.3) is 5.91 Å². The van der Waals surface area contributed by atoms with Gasteiger partial charge in [-0.3, -0.25) is 14.9 Å². The minimum atomic E-state index is -0.488. The second kappa shape index (κ2) is 4.58. The lowest BCUT2D eigenvalue weighted by molar-refractivity contribution is -0.380. The van der Waals surface area contributed by atoms with Crippen LogP contribution < -0.4 is 10.6 Å². The van der Waals surface area contributed by atoms with E-state index in [1.807, 2.05) is 0 Å². The topological polar surface area (TPSA) is 84.3 Å². The first-order valence-electron chi connectivity index (χ1n) is 4.92. The van der Waals surface area contributed by atoms with Crippen molar-refractivity contribution in [2.24, 2.45) is 0 Å². The minimum Gasteiger partial charge on any atom is -0.347 e. The molecule has 0 aromatic carbocycles. The van der Waals surface area contributed by atoms with E-state index in [-0.39, 0.29) is 17.0 Å². The smallest absolute Gasteiger partial charge is 0.324 e. The molecule has 1 aliphatic rings. The Kier molecular flexibility index (Phi) is 3.16. The Balaban J connectivity index is 1.99. The number of nitrogens with zero attached hydrogens (tertiary/aromatic N) is 1. The molecule has 1 aliphatic heterocycles. The quantitative estimate of drug-likeness (QED) is 0.604. The molecule has 0 spiro atoms. The van der Waals surface area contributed by atoms with Crippen molar-refractivity contribution in [1.82, 2.24) is 10.6 Å². The lowest BCUT2D eigenvalue weighted by Crippen LogP contribution is -2.35. The Bertz CT molecular complexity index is 412. The van der Waals surface area contributed by atoms with Crippen LogP contribution >= 0.6 is 11.3 Å². The van der Waals surface area contributed by atoms with Gasteiger partial charge in [0, 0.05) is 18.7 Å². The molecule has 1 aromatic rings. The highest BCUT2D eigenvalue weighted by Gasteiger charge is 2.20. The van der Waals surface area contributed by atoms with Crippen LogP contribution in [0.5, 0.6) is 0 Å². The van der Waals surface area contributed by atoms with Crippen LogP contribution in [0, 0.1) is 10.1 Å². The lowest BCUT2D eigenvalue weighted by Gasteiger charge is -2.09. The average molecular weight is 241 g/mol. The molecule has 6 nitrogen and oxygen atoms in total. The van der Waals surface area contributed by atoms with Crippen molar-refractivity contribution in [1.29, 1.82) is 0 Å². The molecule has 86 valence electrons. The van der Waals surface area contributed by atoms with Crippen molar-refractivity contribution in [3.63, 3.8) is 0 Å². The Hall–Kier alpha value is -1.47. The van der Waals surface area contributed by atoms with Crippen molar-refractivity contribution >= 4 is 22.2 Å². The van der Waals surface area contributed by atoms with Gasteiger partial charge in [-0.1, -0.05) is 11.3 Å². The largest absolute Gasteiger partial charge is 0.347 e.